The van der Waals surface area contributed by atoms with Gasteiger partial charge in [0.05, 0.1) is 17.2 Å². The molecule has 7 nitrogen and oxygen atoms in total. The van der Waals surface area contributed by atoms with Gasteiger partial charge in [0.25, 0.3) is 5.91 Å². The number of benzene rings is 3. The van der Waals surface area contributed by atoms with Gasteiger partial charge in [0.15, 0.2) is 6.61 Å². The fourth-order valence-electron chi connectivity index (χ4n) is 3.97. The van der Waals surface area contributed by atoms with Gasteiger partial charge in [-0.15, -0.1) is 0 Å². The van der Waals surface area contributed by atoms with Crippen LogP contribution in [0.5, 0.6) is 5.75 Å². The Morgan fingerprint density at radius 3 is 2.37 bits per heavy atom. The Labute approximate surface area is 221 Å². The zero-order valence-corrected chi connectivity index (χ0v) is 20.7. The van der Waals surface area contributed by atoms with Gasteiger partial charge in [0.1, 0.15) is 5.75 Å². The number of ether oxygens (including phenoxy) is 1. The number of para-hydroxylation sites is 1. The fraction of sp³-hybridized carbons (Fsp3) is 0.222. The van der Waals surface area contributed by atoms with E-state index < -0.39 is 30.2 Å². The highest BCUT2D eigenvalue weighted by atomic mass is 35.5. The lowest BCUT2D eigenvalue weighted by Gasteiger charge is -2.17. The lowest BCUT2D eigenvalue weighted by atomic mass is 10.1. The van der Waals surface area contributed by atoms with E-state index in [4.69, 9.17) is 16.3 Å². The van der Waals surface area contributed by atoms with E-state index in [0.717, 1.165) is 17.7 Å². The van der Waals surface area contributed by atoms with Crippen molar-refractivity contribution in [1.29, 1.82) is 0 Å². The zero-order valence-electron chi connectivity index (χ0n) is 19.9. The Balaban J connectivity index is 1.28. The number of alkyl halides is 3. The zero-order chi connectivity index (χ0) is 27.3. The first kappa shape index (κ1) is 27.0. The SMILES string of the molecule is O=C(COc1ccc(N2C[C@@H](C(=O)NCc3ccc(Cl)cc3)CC2=O)cc1)Nc1ccccc1C(F)(F)F. The lowest BCUT2D eigenvalue weighted by Crippen LogP contribution is -2.32. The van der Waals surface area contributed by atoms with E-state index in [1.54, 1.807) is 24.3 Å². The number of amides is 3. The number of carbonyl (C=O) groups is 3. The smallest absolute Gasteiger partial charge is 0.418 e. The van der Waals surface area contributed by atoms with Gasteiger partial charge in [-0.2, -0.15) is 13.2 Å². The van der Waals surface area contributed by atoms with Crippen molar-refractivity contribution in [1.82, 2.24) is 5.32 Å². The molecule has 3 aromatic carbocycles. The van der Waals surface area contributed by atoms with Gasteiger partial charge >= 0.3 is 6.18 Å². The Bertz CT molecular complexity index is 1310. The molecule has 11 heteroatoms. The highest BCUT2D eigenvalue weighted by Crippen LogP contribution is 2.34. The molecule has 1 aliphatic heterocycles. The van der Waals surface area contributed by atoms with Crippen LogP contribution in [0.4, 0.5) is 24.5 Å². The van der Waals surface area contributed by atoms with E-state index >= 15 is 0 Å². The van der Waals surface area contributed by atoms with Gasteiger partial charge in [-0.05, 0) is 54.1 Å². The molecule has 0 bridgehead atoms. The summed E-state index contributed by atoms with van der Waals surface area (Å²) in [7, 11) is 0. The standard InChI is InChI=1S/C27H23ClF3N3O4/c28-19-7-5-17(6-8-19)14-32-26(37)18-13-25(36)34(15-18)20-9-11-21(12-10-20)38-16-24(35)33-23-4-2-1-3-22(23)27(29,30)31/h1-12,18H,13-16H2,(H,32,37)(H,33,35)/t18-/m0/s1. The Morgan fingerprint density at radius 1 is 1.00 bits per heavy atom. The maximum atomic E-state index is 13.1. The van der Waals surface area contributed by atoms with Crippen LogP contribution in [0.2, 0.25) is 5.02 Å². The van der Waals surface area contributed by atoms with Gasteiger partial charge < -0.3 is 20.3 Å². The van der Waals surface area contributed by atoms with Crippen molar-refractivity contribution < 1.29 is 32.3 Å². The monoisotopic (exact) mass is 545 g/mol. The molecule has 1 saturated heterocycles. The molecule has 0 radical (unpaired) electrons. The Morgan fingerprint density at radius 2 is 1.68 bits per heavy atom. The van der Waals surface area contributed by atoms with Crippen LogP contribution >= 0.6 is 11.6 Å². The fourth-order valence-corrected chi connectivity index (χ4v) is 4.09. The third kappa shape index (κ3) is 6.83. The number of nitrogens with zero attached hydrogens (tertiary/aromatic N) is 1. The van der Waals surface area contributed by atoms with E-state index in [1.165, 1.54) is 29.2 Å². The van der Waals surface area contributed by atoms with Crippen LogP contribution in [0.3, 0.4) is 0 Å². The van der Waals surface area contributed by atoms with Crippen molar-refractivity contribution in [2.24, 2.45) is 5.92 Å². The molecule has 38 heavy (non-hydrogen) atoms. The molecule has 4 rings (SSSR count). The molecule has 0 unspecified atom stereocenters. The van der Waals surface area contributed by atoms with Crippen molar-refractivity contribution in [3.63, 3.8) is 0 Å². The normalized spacial score (nSPS) is 15.3. The summed E-state index contributed by atoms with van der Waals surface area (Å²) in [6.07, 6.45) is -4.53. The highest BCUT2D eigenvalue weighted by Gasteiger charge is 2.35. The molecule has 3 amide bonds. The summed E-state index contributed by atoms with van der Waals surface area (Å²) in [4.78, 5) is 38.8. The van der Waals surface area contributed by atoms with Crippen molar-refractivity contribution in [3.8, 4) is 5.75 Å². The molecular weight excluding hydrogens is 523 g/mol. The van der Waals surface area contributed by atoms with Gasteiger partial charge in [0, 0.05) is 30.2 Å². The first-order valence-corrected chi connectivity index (χ1v) is 12.0. The maximum Gasteiger partial charge on any atom is 0.418 e. The maximum absolute atomic E-state index is 13.1. The quantitative estimate of drug-likeness (QED) is 0.415. The number of nitrogens with one attached hydrogen (secondary N) is 2. The third-order valence-electron chi connectivity index (χ3n) is 5.90. The van der Waals surface area contributed by atoms with E-state index in [2.05, 4.69) is 10.6 Å². The van der Waals surface area contributed by atoms with Crippen molar-refractivity contribution in [2.45, 2.75) is 19.1 Å². The van der Waals surface area contributed by atoms with Gasteiger partial charge in [-0.25, -0.2) is 0 Å². The summed E-state index contributed by atoms with van der Waals surface area (Å²) in [6, 6.07) is 18.0. The summed E-state index contributed by atoms with van der Waals surface area (Å²) in [5.41, 5.74) is 0.130. The molecular formula is C27H23ClF3N3O4. The van der Waals surface area contributed by atoms with E-state index in [1.807, 2.05) is 12.1 Å². The molecule has 1 heterocycles. The molecule has 1 fully saturated rings. The summed E-state index contributed by atoms with van der Waals surface area (Å²) in [5.74, 6) is -1.40. The van der Waals surface area contributed by atoms with Crippen LogP contribution in [0.25, 0.3) is 0 Å². The van der Waals surface area contributed by atoms with E-state index in [-0.39, 0.29) is 36.2 Å². The number of carbonyl (C=O) groups excluding carboxylic acids is 3. The molecule has 1 atom stereocenters. The molecule has 2 N–H and O–H groups in total. The number of rotatable bonds is 8. The van der Waals surface area contributed by atoms with Gasteiger partial charge in [0.2, 0.25) is 11.8 Å². The summed E-state index contributed by atoms with van der Waals surface area (Å²) >= 11 is 5.87. The predicted molar refractivity (Wildman–Crippen MR) is 136 cm³/mol. The van der Waals surface area contributed by atoms with Crippen LogP contribution in [0, 0.1) is 5.92 Å². The van der Waals surface area contributed by atoms with Crippen LogP contribution in [0.15, 0.2) is 72.8 Å². The minimum Gasteiger partial charge on any atom is -0.484 e. The average molecular weight is 546 g/mol. The second-order valence-corrected chi connectivity index (χ2v) is 9.06. The van der Waals surface area contributed by atoms with E-state index in [9.17, 15) is 27.6 Å². The number of hydrogen-bond donors (Lipinski definition) is 2. The predicted octanol–water partition coefficient (Wildman–Crippen LogP) is 5.05. The Hall–Kier alpha value is -4.05. The molecule has 0 spiro atoms. The second kappa shape index (κ2) is 11.6. The van der Waals surface area contributed by atoms with Crippen LogP contribution in [-0.2, 0) is 27.1 Å². The highest BCUT2D eigenvalue weighted by molar-refractivity contribution is 6.30. The van der Waals surface area contributed by atoms with Gasteiger partial charge in [-0.1, -0.05) is 35.9 Å². The first-order chi connectivity index (χ1) is 18.1. The average Bonchev–Trinajstić information content (AvgIpc) is 3.28. The molecule has 0 aliphatic carbocycles. The van der Waals surface area contributed by atoms with Crippen molar-refractivity contribution in [2.75, 3.05) is 23.4 Å². The number of halogens is 4. The summed E-state index contributed by atoms with van der Waals surface area (Å²) in [6.45, 7) is 0.0264. The molecule has 1 aliphatic rings. The minimum absolute atomic E-state index is 0.0737. The van der Waals surface area contributed by atoms with Crippen molar-refractivity contribution >= 4 is 40.7 Å². The lowest BCUT2D eigenvalue weighted by molar-refractivity contribution is -0.137. The number of hydrogen-bond acceptors (Lipinski definition) is 4. The summed E-state index contributed by atoms with van der Waals surface area (Å²) in [5, 5.41) is 5.64. The van der Waals surface area contributed by atoms with Crippen LogP contribution in [0.1, 0.15) is 17.5 Å². The topological polar surface area (TPSA) is 87.7 Å². The Kier molecular flexibility index (Phi) is 8.21. The first-order valence-electron chi connectivity index (χ1n) is 11.6. The number of anilines is 2. The second-order valence-electron chi connectivity index (χ2n) is 8.62. The molecule has 198 valence electrons. The molecule has 0 saturated carbocycles. The third-order valence-corrected chi connectivity index (χ3v) is 6.15. The molecule has 3 aromatic rings. The van der Waals surface area contributed by atoms with Crippen molar-refractivity contribution in [3.05, 3.63) is 88.9 Å². The van der Waals surface area contributed by atoms with Gasteiger partial charge in [-0.3, -0.25) is 14.4 Å². The van der Waals surface area contributed by atoms with Crippen LogP contribution in [-0.4, -0.2) is 30.9 Å². The molecule has 0 aromatic heterocycles. The minimum atomic E-state index is -4.61. The largest absolute Gasteiger partial charge is 0.484 e. The van der Waals surface area contributed by atoms with Crippen LogP contribution < -0.4 is 20.3 Å². The van der Waals surface area contributed by atoms with E-state index in [0.29, 0.717) is 17.3 Å². The summed E-state index contributed by atoms with van der Waals surface area (Å²) < 4.78 is 44.7.